The van der Waals surface area contributed by atoms with Gasteiger partial charge in [-0.3, -0.25) is 19.5 Å². The molecule has 1 heterocycles. The highest BCUT2D eigenvalue weighted by molar-refractivity contribution is 7.99. The molecule has 1 aromatic heterocycles. The quantitative estimate of drug-likeness (QED) is 0.350. The van der Waals surface area contributed by atoms with Gasteiger partial charge in [-0.2, -0.15) is 13.2 Å². The second kappa shape index (κ2) is 12.0. The minimum Gasteiger partial charge on any atom is -0.366 e. The summed E-state index contributed by atoms with van der Waals surface area (Å²) in [6.45, 7) is 1.99. The first-order valence-corrected chi connectivity index (χ1v) is 13.4. The van der Waals surface area contributed by atoms with Crippen LogP contribution in [0.2, 0.25) is 5.02 Å². The summed E-state index contributed by atoms with van der Waals surface area (Å²) >= 11 is 7.81. The van der Waals surface area contributed by atoms with Crippen LogP contribution in [0, 0.1) is 11.3 Å². The van der Waals surface area contributed by atoms with Crippen molar-refractivity contribution in [2.75, 3.05) is 20.6 Å². The average Bonchev–Trinajstić information content (AvgIpc) is 3.65. The van der Waals surface area contributed by atoms with E-state index in [-0.39, 0.29) is 31.2 Å². The van der Waals surface area contributed by atoms with Crippen LogP contribution in [0.4, 0.5) is 13.2 Å². The Morgan fingerprint density at radius 2 is 1.97 bits per heavy atom. The van der Waals surface area contributed by atoms with E-state index < -0.39 is 35.2 Å². The molecule has 3 atom stereocenters. The molecular weight excluding hydrogens is 525 g/mol. The van der Waals surface area contributed by atoms with E-state index in [0.717, 1.165) is 5.56 Å². The summed E-state index contributed by atoms with van der Waals surface area (Å²) in [4.78, 5) is 30.3. The monoisotopic (exact) mass is 556 g/mol. The van der Waals surface area contributed by atoms with Gasteiger partial charge in [-0.15, -0.1) is 11.8 Å². The van der Waals surface area contributed by atoms with Crippen molar-refractivity contribution in [3.63, 3.8) is 0 Å². The number of benzene rings is 1. The number of carbonyl (C=O) groups is 2. The van der Waals surface area contributed by atoms with Crippen LogP contribution in [-0.4, -0.2) is 53.9 Å². The van der Waals surface area contributed by atoms with Gasteiger partial charge in [0.2, 0.25) is 11.8 Å². The van der Waals surface area contributed by atoms with Gasteiger partial charge >= 0.3 is 6.18 Å². The number of pyridine rings is 1. The Balaban J connectivity index is 1.65. The third-order valence-electron chi connectivity index (χ3n) is 7.10. The van der Waals surface area contributed by atoms with E-state index in [1.165, 1.54) is 17.8 Å². The molecule has 0 aliphatic heterocycles. The summed E-state index contributed by atoms with van der Waals surface area (Å²) in [7, 11) is 3.72. The normalized spacial score (nSPS) is 17.2. The van der Waals surface area contributed by atoms with Crippen molar-refractivity contribution in [2.45, 2.75) is 49.4 Å². The number of thioether (sulfide) groups is 1. The molecule has 1 fully saturated rings. The van der Waals surface area contributed by atoms with Crippen molar-refractivity contribution >= 4 is 35.2 Å². The maximum Gasteiger partial charge on any atom is 0.394 e. The van der Waals surface area contributed by atoms with Gasteiger partial charge in [0.1, 0.15) is 0 Å². The summed E-state index contributed by atoms with van der Waals surface area (Å²) < 4.78 is 42.2. The van der Waals surface area contributed by atoms with Gasteiger partial charge in [0.05, 0.1) is 10.8 Å². The number of carbonyl (C=O) groups excluding carboxylic acids is 2. The largest absolute Gasteiger partial charge is 0.394 e. The number of primary amides is 1. The Labute approximate surface area is 224 Å². The van der Waals surface area contributed by atoms with Crippen LogP contribution in [0.1, 0.15) is 53.6 Å². The summed E-state index contributed by atoms with van der Waals surface area (Å²) in [5.41, 5.74) is 5.26. The number of nitrogens with one attached hydrogen (secondary N) is 1. The zero-order valence-electron chi connectivity index (χ0n) is 21.0. The number of hydrogen-bond donors (Lipinski definition) is 2. The third-order valence-corrected chi connectivity index (χ3v) is 8.90. The average molecular weight is 557 g/mol. The van der Waals surface area contributed by atoms with E-state index in [0.29, 0.717) is 21.9 Å². The molecular formula is C26H32ClF3N4O2S. The van der Waals surface area contributed by atoms with Crippen LogP contribution >= 0.6 is 23.4 Å². The van der Waals surface area contributed by atoms with Crippen molar-refractivity contribution in [2.24, 2.45) is 17.1 Å². The van der Waals surface area contributed by atoms with Crippen LogP contribution in [-0.2, 0) is 10.5 Å². The number of halogens is 4. The first-order chi connectivity index (χ1) is 17.4. The van der Waals surface area contributed by atoms with Crippen molar-refractivity contribution in [1.29, 1.82) is 0 Å². The molecule has 1 unspecified atom stereocenters. The highest BCUT2D eigenvalue weighted by Crippen LogP contribution is 2.65. The van der Waals surface area contributed by atoms with Crippen molar-refractivity contribution in [1.82, 2.24) is 15.2 Å². The molecule has 3 N–H and O–H groups in total. The molecule has 3 rings (SSSR count). The lowest BCUT2D eigenvalue weighted by Gasteiger charge is -2.34. The highest BCUT2D eigenvalue weighted by Gasteiger charge is 2.67. The summed E-state index contributed by atoms with van der Waals surface area (Å²) in [6, 6.07) is 8.31. The lowest BCUT2D eigenvalue weighted by Crippen LogP contribution is -2.42. The molecule has 1 aliphatic carbocycles. The number of amides is 2. The molecule has 6 nitrogen and oxygen atoms in total. The summed E-state index contributed by atoms with van der Waals surface area (Å²) in [5, 5.41) is 3.11. The van der Waals surface area contributed by atoms with E-state index in [1.54, 1.807) is 43.6 Å². The molecule has 2 aromatic rings. The first-order valence-electron chi connectivity index (χ1n) is 12.0. The highest BCUT2D eigenvalue weighted by atomic mass is 35.5. The van der Waals surface area contributed by atoms with Crippen LogP contribution in [0.3, 0.4) is 0 Å². The molecule has 0 saturated heterocycles. The zero-order valence-corrected chi connectivity index (χ0v) is 22.6. The van der Waals surface area contributed by atoms with Crippen LogP contribution < -0.4 is 11.1 Å². The van der Waals surface area contributed by atoms with Crippen LogP contribution in [0.25, 0.3) is 0 Å². The fourth-order valence-corrected chi connectivity index (χ4v) is 6.04. The SMILES string of the molecule is CC(c1cccnc1)[C@@H](CC(=O)NC[C@H](SCc1ccc(C(N)=O)cc1Cl)N(C)C)C1(C(F)(F)F)CC1. The molecule has 11 heteroatoms. The number of nitrogens with zero attached hydrogens (tertiary/aromatic N) is 2. The number of nitrogens with two attached hydrogens (primary N) is 1. The number of alkyl halides is 3. The fraction of sp³-hybridized carbons (Fsp3) is 0.500. The molecule has 37 heavy (non-hydrogen) atoms. The van der Waals surface area contributed by atoms with Gasteiger partial charge in [0.15, 0.2) is 0 Å². The van der Waals surface area contributed by atoms with E-state index in [1.807, 2.05) is 19.0 Å². The van der Waals surface area contributed by atoms with Gasteiger partial charge < -0.3 is 11.1 Å². The second-order valence-electron chi connectivity index (χ2n) is 9.74. The van der Waals surface area contributed by atoms with E-state index in [9.17, 15) is 22.8 Å². The third kappa shape index (κ3) is 7.18. The predicted octanol–water partition coefficient (Wildman–Crippen LogP) is 5.22. The van der Waals surface area contributed by atoms with E-state index in [4.69, 9.17) is 17.3 Å². The Morgan fingerprint density at radius 1 is 1.27 bits per heavy atom. The maximum atomic E-state index is 14.1. The van der Waals surface area contributed by atoms with Crippen LogP contribution in [0.15, 0.2) is 42.7 Å². The van der Waals surface area contributed by atoms with Crippen molar-refractivity contribution in [3.05, 3.63) is 64.4 Å². The predicted molar refractivity (Wildman–Crippen MR) is 140 cm³/mol. The Morgan fingerprint density at radius 3 is 2.49 bits per heavy atom. The molecule has 1 aromatic carbocycles. The smallest absolute Gasteiger partial charge is 0.366 e. The number of likely N-dealkylation sites (N-methyl/N-ethyl adjacent to an activating group) is 1. The van der Waals surface area contributed by atoms with Gasteiger partial charge in [-0.1, -0.05) is 30.7 Å². The van der Waals surface area contributed by atoms with Crippen LogP contribution in [0.5, 0.6) is 0 Å². The lowest BCUT2D eigenvalue weighted by molar-refractivity contribution is -0.205. The zero-order chi connectivity index (χ0) is 27.4. The van der Waals surface area contributed by atoms with Gasteiger partial charge in [0, 0.05) is 41.7 Å². The number of rotatable bonds is 12. The van der Waals surface area contributed by atoms with Crippen molar-refractivity contribution in [3.8, 4) is 0 Å². The topological polar surface area (TPSA) is 88.3 Å². The van der Waals surface area contributed by atoms with Gasteiger partial charge in [-0.05, 0) is 68.1 Å². The second-order valence-corrected chi connectivity index (χ2v) is 11.3. The summed E-state index contributed by atoms with van der Waals surface area (Å²) in [6.07, 6.45) is -1.38. The first kappa shape index (κ1) is 29.3. The minimum absolute atomic E-state index is 0.0323. The number of aromatic nitrogens is 1. The molecule has 0 bridgehead atoms. The van der Waals surface area contributed by atoms with Crippen molar-refractivity contribution < 1.29 is 22.8 Å². The van der Waals surface area contributed by atoms with Gasteiger partial charge in [-0.25, -0.2) is 0 Å². The maximum absolute atomic E-state index is 14.1. The van der Waals surface area contributed by atoms with E-state index >= 15 is 0 Å². The Hall–Kier alpha value is -2.30. The van der Waals surface area contributed by atoms with E-state index in [2.05, 4.69) is 10.3 Å². The molecule has 1 saturated carbocycles. The Bertz CT molecular complexity index is 1100. The van der Waals surface area contributed by atoms with Gasteiger partial charge in [0.25, 0.3) is 0 Å². The molecule has 2 amide bonds. The number of hydrogen-bond acceptors (Lipinski definition) is 5. The summed E-state index contributed by atoms with van der Waals surface area (Å²) in [5.74, 6) is -1.83. The standard InChI is InChI=1S/C26H32ClF3N4O2S/c1-16(18-5-4-10-32-13-18)20(25(8-9-25)26(28,29)30)12-22(35)33-14-23(34(2)3)37-15-19-7-6-17(24(31)36)11-21(19)27/h4-7,10-11,13,16,20,23H,8-9,12,14-15H2,1-3H3,(H2,31,36)(H,33,35)/t16?,20-,23+/m1/s1. The Kier molecular flexibility index (Phi) is 9.52. The molecule has 0 spiro atoms. The minimum atomic E-state index is -4.38. The molecule has 0 radical (unpaired) electrons. The molecule has 1 aliphatic rings. The molecule has 202 valence electrons. The lowest BCUT2D eigenvalue weighted by atomic mass is 9.74. The fourth-order valence-electron chi connectivity index (χ4n) is 4.59.